The number of benzene rings is 2. The van der Waals surface area contributed by atoms with Crippen molar-refractivity contribution in [3.05, 3.63) is 78.3 Å². The van der Waals surface area contributed by atoms with Crippen molar-refractivity contribution in [3.8, 4) is 16.3 Å². The van der Waals surface area contributed by atoms with Crippen LogP contribution < -0.4 is 4.72 Å². The molecule has 0 aliphatic rings. The van der Waals surface area contributed by atoms with Gasteiger partial charge in [-0.1, -0.05) is 30.3 Å². The summed E-state index contributed by atoms with van der Waals surface area (Å²) >= 11 is 3.01. The monoisotopic (exact) mass is 427 g/mol. The molecular weight excluding hydrogens is 410 g/mol. The second-order valence-corrected chi connectivity index (χ2v) is 9.42. The SMILES string of the molecule is CSc1cccc(NS(=O)(=O)c2cn(-c3ccccc3)nc2-c2cccs2)c1. The number of thiophene rings is 1. The summed E-state index contributed by atoms with van der Waals surface area (Å²) in [5, 5.41) is 6.47. The van der Waals surface area contributed by atoms with Crippen molar-refractivity contribution in [1.29, 1.82) is 0 Å². The van der Waals surface area contributed by atoms with Gasteiger partial charge in [0.05, 0.1) is 16.8 Å². The van der Waals surface area contributed by atoms with Crippen molar-refractivity contribution in [3.63, 3.8) is 0 Å². The molecule has 28 heavy (non-hydrogen) atoms. The fourth-order valence-electron chi connectivity index (χ4n) is 2.75. The highest BCUT2D eigenvalue weighted by molar-refractivity contribution is 7.98. The lowest BCUT2D eigenvalue weighted by Crippen LogP contribution is -2.13. The van der Waals surface area contributed by atoms with Gasteiger partial charge in [-0.25, -0.2) is 13.1 Å². The van der Waals surface area contributed by atoms with Crippen molar-refractivity contribution in [1.82, 2.24) is 9.78 Å². The smallest absolute Gasteiger partial charge is 0.265 e. The highest BCUT2D eigenvalue weighted by Gasteiger charge is 2.25. The summed E-state index contributed by atoms with van der Waals surface area (Å²) in [6.45, 7) is 0. The van der Waals surface area contributed by atoms with E-state index in [4.69, 9.17) is 0 Å². The van der Waals surface area contributed by atoms with Gasteiger partial charge < -0.3 is 0 Å². The molecule has 1 N–H and O–H groups in total. The van der Waals surface area contributed by atoms with Crippen molar-refractivity contribution in [2.75, 3.05) is 11.0 Å². The van der Waals surface area contributed by atoms with Crippen LogP contribution in [0.25, 0.3) is 16.3 Å². The van der Waals surface area contributed by atoms with Gasteiger partial charge in [-0.3, -0.25) is 4.72 Å². The van der Waals surface area contributed by atoms with E-state index in [1.54, 1.807) is 28.7 Å². The van der Waals surface area contributed by atoms with Gasteiger partial charge in [0.2, 0.25) is 0 Å². The predicted octanol–water partition coefficient (Wildman–Crippen LogP) is 5.12. The zero-order valence-corrected chi connectivity index (χ0v) is 17.4. The number of thioether (sulfide) groups is 1. The van der Waals surface area contributed by atoms with Gasteiger partial charge in [-0.15, -0.1) is 23.1 Å². The number of nitrogens with one attached hydrogen (secondary N) is 1. The molecule has 5 nitrogen and oxygen atoms in total. The molecule has 8 heteroatoms. The molecule has 0 amide bonds. The van der Waals surface area contributed by atoms with Crippen molar-refractivity contribution >= 4 is 38.8 Å². The summed E-state index contributed by atoms with van der Waals surface area (Å²) < 4.78 is 30.7. The van der Waals surface area contributed by atoms with E-state index in [0.717, 1.165) is 15.5 Å². The Kier molecular flexibility index (Phi) is 5.25. The Balaban J connectivity index is 1.79. The number of hydrogen-bond donors (Lipinski definition) is 1. The van der Waals surface area contributed by atoms with Gasteiger partial charge in [-0.2, -0.15) is 5.10 Å². The number of nitrogens with zero attached hydrogens (tertiary/aromatic N) is 2. The predicted molar refractivity (Wildman–Crippen MR) is 116 cm³/mol. The van der Waals surface area contributed by atoms with Gasteiger partial charge in [-0.05, 0) is 48.0 Å². The Morgan fingerprint density at radius 1 is 1.04 bits per heavy atom. The molecule has 0 aliphatic carbocycles. The summed E-state index contributed by atoms with van der Waals surface area (Å²) in [6.07, 6.45) is 3.51. The summed E-state index contributed by atoms with van der Waals surface area (Å²) in [7, 11) is -3.82. The molecule has 0 saturated heterocycles. The average Bonchev–Trinajstić information content (AvgIpc) is 3.38. The van der Waals surface area contributed by atoms with E-state index >= 15 is 0 Å². The molecule has 4 aromatic rings. The summed E-state index contributed by atoms with van der Waals surface area (Å²) in [5.41, 5.74) is 1.76. The molecule has 0 spiro atoms. The zero-order chi connectivity index (χ0) is 19.6. The van der Waals surface area contributed by atoms with E-state index in [2.05, 4.69) is 9.82 Å². The van der Waals surface area contributed by atoms with Crippen LogP contribution in [0.3, 0.4) is 0 Å². The first-order chi connectivity index (χ1) is 13.6. The van der Waals surface area contributed by atoms with Gasteiger partial charge in [0.1, 0.15) is 10.6 Å². The molecule has 142 valence electrons. The molecule has 2 heterocycles. The van der Waals surface area contributed by atoms with Crippen LogP contribution in [0.2, 0.25) is 0 Å². The Hall–Kier alpha value is -2.55. The topological polar surface area (TPSA) is 64.0 Å². The third kappa shape index (κ3) is 3.84. The molecule has 2 aromatic heterocycles. The Morgan fingerprint density at radius 3 is 2.57 bits per heavy atom. The molecule has 0 fully saturated rings. The second-order valence-electron chi connectivity index (χ2n) is 5.94. The van der Waals surface area contributed by atoms with Crippen LogP contribution in [-0.4, -0.2) is 24.5 Å². The fraction of sp³-hybridized carbons (Fsp3) is 0.0500. The van der Waals surface area contributed by atoms with E-state index in [1.165, 1.54) is 11.3 Å². The van der Waals surface area contributed by atoms with Crippen molar-refractivity contribution in [2.24, 2.45) is 0 Å². The average molecular weight is 428 g/mol. The quantitative estimate of drug-likeness (QED) is 0.434. The van der Waals surface area contributed by atoms with Crippen LogP contribution in [0.4, 0.5) is 5.69 Å². The second kappa shape index (κ2) is 7.83. The Labute approximate surface area is 172 Å². The molecule has 4 rings (SSSR count). The van der Waals surface area contributed by atoms with Crippen molar-refractivity contribution in [2.45, 2.75) is 9.79 Å². The van der Waals surface area contributed by atoms with Gasteiger partial charge in [0.25, 0.3) is 10.0 Å². The number of hydrogen-bond acceptors (Lipinski definition) is 5. The molecule has 0 saturated carbocycles. The highest BCUT2D eigenvalue weighted by Crippen LogP contribution is 2.32. The van der Waals surface area contributed by atoms with Crippen LogP contribution in [0.1, 0.15) is 0 Å². The number of para-hydroxylation sites is 1. The van der Waals surface area contributed by atoms with Crippen LogP contribution >= 0.6 is 23.1 Å². The first kappa shape index (κ1) is 18.8. The van der Waals surface area contributed by atoms with Crippen molar-refractivity contribution < 1.29 is 8.42 Å². The first-order valence-electron chi connectivity index (χ1n) is 8.43. The minimum absolute atomic E-state index is 0.147. The summed E-state index contributed by atoms with van der Waals surface area (Å²) in [4.78, 5) is 1.93. The van der Waals surface area contributed by atoms with Crippen LogP contribution in [0, 0.1) is 0 Å². The highest BCUT2D eigenvalue weighted by atomic mass is 32.2. The van der Waals surface area contributed by atoms with E-state index < -0.39 is 10.0 Å². The fourth-order valence-corrected chi connectivity index (χ4v) is 5.19. The van der Waals surface area contributed by atoms with Gasteiger partial charge in [0.15, 0.2) is 0 Å². The van der Waals surface area contributed by atoms with Crippen LogP contribution in [-0.2, 0) is 10.0 Å². The molecule has 2 aromatic carbocycles. The van der Waals surface area contributed by atoms with Crippen LogP contribution in [0.15, 0.2) is 88.1 Å². The lowest BCUT2D eigenvalue weighted by Gasteiger charge is -2.08. The third-order valence-electron chi connectivity index (χ3n) is 4.07. The molecule has 0 atom stereocenters. The zero-order valence-electron chi connectivity index (χ0n) is 14.9. The molecule has 0 aliphatic heterocycles. The van der Waals surface area contributed by atoms with Crippen LogP contribution in [0.5, 0.6) is 0 Å². The number of anilines is 1. The molecule has 0 unspecified atom stereocenters. The summed E-state index contributed by atoms with van der Waals surface area (Å²) in [6, 6.07) is 20.5. The normalized spacial score (nSPS) is 11.5. The van der Waals surface area contributed by atoms with Gasteiger partial charge >= 0.3 is 0 Å². The molecule has 0 bridgehead atoms. The van der Waals surface area contributed by atoms with E-state index in [9.17, 15) is 8.42 Å². The number of aromatic nitrogens is 2. The maximum atomic E-state index is 13.2. The minimum atomic E-state index is -3.82. The van der Waals surface area contributed by atoms with E-state index in [0.29, 0.717) is 11.4 Å². The number of rotatable bonds is 6. The third-order valence-corrected chi connectivity index (χ3v) is 7.05. The Morgan fingerprint density at radius 2 is 1.86 bits per heavy atom. The number of sulfonamides is 1. The molecule has 0 radical (unpaired) electrons. The first-order valence-corrected chi connectivity index (χ1v) is 12.0. The summed E-state index contributed by atoms with van der Waals surface area (Å²) in [5.74, 6) is 0. The maximum Gasteiger partial charge on any atom is 0.265 e. The largest absolute Gasteiger partial charge is 0.279 e. The lowest BCUT2D eigenvalue weighted by atomic mass is 10.3. The van der Waals surface area contributed by atoms with E-state index in [1.807, 2.05) is 72.3 Å². The maximum absolute atomic E-state index is 13.2. The minimum Gasteiger partial charge on any atom is -0.279 e. The Bertz CT molecular complexity index is 1180. The van der Waals surface area contributed by atoms with E-state index in [-0.39, 0.29) is 4.90 Å². The van der Waals surface area contributed by atoms with Gasteiger partial charge in [0, 0.05) is 10.6 Å². The standard InChI is InChI=1S/C20H17N3O2S3/c1-26-17-10-5-7-15(13-17)22-28(24,25)19-14-23(16-8-3-2-4-9-16)21-20(19)18-11-6-12-27-18/h2-14,22H,1H3. The lowest BCUT2D eigenvalue weighted by molar-refractivity contribution is 0.601. The molecular formula is C20H17N3O2S3.